The molecule has 0 spiro atoms. The van der Waals surface area contributed by atoms with Gasteiger partial charge in [0.05, 0.1) is 12.1 Å². The number of anilines is 1. The molecule has 7 heteroatoms. The van der Waals surface area contributed by atoms with E-state index in [2.05, 4.69) is 35.0 Å². The van der Waals surface area contributed by atoms with E-state index >= 15 is 0 Å². The lowest BCUT2D eigenvalue weighted by molar-refractivity contribution is 0.0963. The van der Waals surface area contributed by atoms with Crippen molar-refractivity contribution in [3.05, 3.63) is 71.3 Å². The van der Waals surface area contributed by atoms with Gasteiger partial charge in [-0.3, -0.25) is 4.79 Å². The summed E-state index contributed by atoms with van der Waals surface area (Å²) in [6.45, 7) is 4.09. The van der Waals surface area contributed by atoms with Crippen molar-refractivity contribution in [1.29, 1.82) is 0 Å². The predicted octanol–water partition coefficient (Wildman–Crippen LogP) is 2.96. The van der Waals surface area contributed by atoms with Crippen LogP contribution in [0.3, 0.4) is 0 Å². The lowest BCUT2D eigenvalue weighted by atomic mass is 10.1. The molecule has 0 unspecified atom stereocenters. The molecule has 0 bridgehead atoms. The van der Waals surface area contributed by atoms with Crippen LogP contribution in [0.25, 0.3) is 10.9 Å². The largest absolute Gasteiger partial charge is 0.363 e. The Hall–Kier alpha value is -3.61. The molecule has 168 valence electrons. The van der Waals surface area contributed by atoms with Gasteiger partial charge < -0.3 is 20.9 Å². The van der Waals surface area contributed by atoms with Gasteiger partial charge in [-0.25, -0.2) is 9.98 Å². The van der Waals surface area contributed by atoms with Gasteiger partial charge in [0.25, 0.3) is 5.91 Å². The lowest BCUT2D eigenvalue weighted by Crippen LogP contribution is -2.38. The Morgan fingerprint density at radius 1 is 1.06 bits per heavy atom. The zero-order valence-electron chi connectivity index (χ0n) is 19.3. The first-order chi connectivity index (χ1) is 15.5. The molecule has 2 aromatic carbocycles. The predicted molar refractivity (Wildman–Crippen MR) is 132 cm³/mol. The van der Waals surface area contributed by atoms with Crippen molar-refractivity contribution in [2.45, 2.75) is 19.9 Å². The molecule has 0 atom stereocenters. The van der Waals surface area contributed by atoms with Crippen molar-refractivity contribution in [2.75, 3.05) is 39.1 Å². The van der Waals surface area contributed by atoms with Gasteiger partial charge in [-0.2, -0.15) is 0 Å². The van der Waals surface area contributed by atoms with Gasteiger partial charge >= 0.3 is 0 Å². The molecule has 0 radical (unpaired) electrons. The number of carbonyl (C=O) groups is 1. The molecule has 1 aromatic heterocycles. The molecule has 3 N–H and O–H groups in total. The number of amides is 1. The Morgan fingerprint density at radius 3 is 2.62 bits per heavy atom. The highest BCUT2D eigenvalue weighted by Crippen LogP contribution is 2.22. The second-order valence-electron chi connectivity index (χ2n) is 7.70. The maximum absolute atomic E-state index is 11.8. The maximum atomic E-state index is 11.8. The third-order valence-electron chi connectivity index (χ3n) is 5.12. The lowest BCUT2D eigenvalue weighted by Gasteiger charge is -2.15. The summed E-state index contributed by atoms with van der Waals surface area (Å²) in [4.78, 5) is 23.4. The Balaban J connectivity index is 1.71. The summed E-state index contributed by atoms with van der Waals surface area (Å²) in [5.74, 6) is 1.61. The molecule has 0 aliphatic rings. The van der Waals surface area contributed by atoms with E-state index in [1.54, 1.807) is 7.05 Å². The molecule has 0 saturated heterocycles. The zero-order chi connectivity index (χ0) is 22.9. The van der Waals surface area contributed by atoms with E-state index < -0.39 is 0 Å². The van der Waals surface area contributed by atoms with Gasteiger partial charge in [0.2, 0.25) is 0 Å². The van der Waals surface area contributed by atoms with Crippen LogP contribution in [-0.4, -0.2) is 51.1 Å². The van der Waals surface area contributed by atoms with Gasteiger partial charge in [0, 0.05) is 45.2 Å². The monoisotopic (exact) mass is 432 g/mol. The van der Waals surface area contributed by atoms with Crippen molar-refractivity contribution >= 4 is 28.6 Å². The van der Waals surface area contributed by atoms with Crippen LogP contribution in [0.15, 0.2) is 59.6 Å². The molecule has 1 heterocycles. The van der Waals surface area contributed by atoms with E-state index in [-0.39, 0.29) is 5.91 Å². The highest BCUT2D eigenvalue weighted by atomic mass is 16.1. The number of rotatable bonds is 8. The summed E-state index contributed by atoms with van der Waals surface area (Å²) in [7, 11) is 5.63. The van der Waals surface area contributed by atoms with Crippen molar-refractivity contribution in [3.63, 3.8) is 0 Å². The van der Waals surface area contributed by atoms with Crippen LogP contribution >= 0.6 is 0 Å². The third kappa shape index (κ3) is 5.97. The number of aromatic nitrogens is 1. The number of pyridine rings is 1. The van der Waals surface area contributed by atoms with E-state index in [0.29, 0.717) is 18.7 Å². The summed E-state index contributed by atoms with van der Waals surface area (Å²) in [6, 6.07) is 18.0. The number of benzene rings is 2. The number of hydrogen-bond acceptors (Lipinski definition) is 4. The van der Waals surface area contributed by atoms with Crippen LogP contribution in [0.4, 0.5) is 5.82 Å². The zero-order valence-corrected chi connectivity index (χ0v) is 19.3. The Kier molecular flexibility index (Phi) is 8.02. The van der Waals surface area contributed by atoms with Crippen LogP contribution < -0.4 is 20.9 Å². The van der Waals surface area contributed by atoms with Crippen molar-refractivity contribution in [2.24, 2.45) is 4.99 Å². The number of aliphatic imine (C=N–C) groups is 1. The molecule has 7 nitrogen and oxygen atoms in total. The summed E-state index contributed by atoms with van der Waals surface area (Å²) < 4.78 is 0. The van der Waals surface area contributed by atoms with Gasteiger partial charge in [-0.15, -0.1) is 0 Å². The SMILES string of the molecule is CCNC(=NCc1cc(N(C)C)nc2ccccc12)NCCc1cccc(C(=O)NC)c1. The Bertz CT molecular complexity index is 1090. The minimum Gasteiger partial charge on any atom is -0.363 e. The fraction of sp³-hybridized carbons (Fsp3) is 0.320. The van der Waals surface area contributed by atoms with Crippen molar-refractivity contribution in [1.82, 2.24) is 20.9 Å². The normalized spacial score (nSPS) is 11.3. The minimum absolute atomic E-state index is 0.0728. The number of para-hydroxylation sites is 1. The summed E-state index contributed by atoms with van der Waals surface area (Å²) >= 11 is 0. The van der Waals surface area contributed by atoms with Gasteiger partial charge in [-0.1, -0.05) is 30.3 Å². The molecule has 32 heavy (non-hydrogen) atoms. The topological polar surface area (TPSA) is 81.7 Å². The summed E-state index contributed by atoms with van der Waals surface area (Å²) in [5.41, 5.74) is 3.88. The Morgan fingerprint density at radius 2 is 1.88 bits per heavy atom. The second-order valence-corrected chi connectivity index (χ2v) is 7.70. The van der Waals surface area contributed by atoms with Gasteiger partial charge in [0.1, 0.15) is 5.82 Å². The molecule has 0 fully saturated rings. The average molecular weight is 433 g/mol. The maximum Gasteiger partial charge on any atom is 0.251 e. The number of carbonyl (C=O) groups excluding carboxylic acids is 1. The first kappa shape index (κ1) is 23.1. The van der Waals surface area contributed by atoms with Gasteiger partial charge in [-0.05, 0) is 48.7 Å². The first-order valence-corrected chi connectivity index (χ1v) is 10.9. The fourth-order valence-electron chi connectivity index (χ4n) is 3.44. The van der Waals surface area contributed by atoms with Crippen LogP contribution in [0.1, 0.15) is 28.4 Å². The quantitative estimate of drug-likeness (QED) is 0.377. The highest BCUT2D eigenvalue weighted by Gasteiger charge is 2.08. The molecule has 0 aliphatic carbocycles. The van der Waals surface area contributed by atoms with Crippen LogP contribution in [0, 0.1) is 0 Å². The fourth-order valence-corrected chi connectivity index (χ4v) is 3.44. The van der Waals surface area contributed by atoms with E-state index in [1.807, 2.05) is 61.5 Å². The summed E-state index contributed by atoms with van der Waals surface area (Å²) in [6.07, 6.45) is 0.790. The number of hydrogen-bond donors (Lipinski definition) is 3. The van der Waals surface area contributed by atoms with Crippen molar-refractivity contribution < 1.29 is 4.79 Å². The van der Waals surface area contributed by atoms with Crippen LogP contribution in [0.2, 0.25) is 0 Å². The molecular weight excluding hydrogens is 400 g/mol. The molecule has 0 saturated carbocycles. The second kappa shape index (κ2) is 11.1. The molecule has 3 aromatic rings. The van der Waals surface area contributed by atoms with E-state index in [1.165, 1.54) is 0 Å². The molecule has 3 rings (SSSR count). The van der Waals surface area contributed by atoms with Gasteiger partial charge in [0.15, 0.2) is 5.96 Å². The van der Waals surface area contributed by atoms with Crippen molar-refractivity contribution in [3.8, 4) is 0 Å². The minimum atomic E-state index is -0.0728. The number of fused-ring (bicyclic) bond motifs is 1. The third-order valence-corrected chi connectivity index (χ3v) is 5.12. The van der Waals surface area contributed by atoms with Crippen LogP contribution in [-0.2, 0) is 13.0 Å². The first-order valence-electron chi connectivity index (χ1n) is 10.9. The standard InChI is InChI=1S/C25H32N6O/c1-5-27-25(28-14-13-18-9-8-10-19(15-18)24(32)26-2)29-17-20-16-23(31(3)4)30-22-12-7-6-11-21(20)22/h6-12,15-16H,5,13-14,17H2,1-4H3,(H,26,32)(H2,27,28,29). The summed E-state index contributed by atoms with van der Waals surface area (Å²) in [5, 5.41) is 10.5. The highest BCUT2D eigenvalue weighted by molar-refractivity contribution is 5.94. The van der Waals surface area contributed by atoms with E-state index in [4.69, 9.17) is 9.98 Å². The molecule has 1 amide bonds. The number of nitrogens with zero attached hydrogens (tertiary/aromatic N) is 3. The smallest absolute Gasteiger partial charge is 0.251 e. The average Bonchev–Trinajstić information content (AvgIpc) is 2.81. The molecule has 0 aliphatic heterocycles. The number of nitrogens with one attached hydrogen (secondary N) is 3. The molecular formula is C25H32N6O. The van der Waals surface area contributed by atoms with E-state index in [9.17, 15) is 4.79 Å². The Labute approximate surface area is 190 Å². The van der Waals surface area contributed by atoms with Crippen LogP contribution in [0.5, 0.6) is 0 Å². The number of guanidine groups is 1. The van der Waals surface area contributed by atoms with E-state index in [0.717, 1.165) is 46.8 Å².